The number of benzene rings is 2. The van der Waals surface area contributed by atoms with Crippen molar-refractivity contribution in [2.45, 2.75) is 18.8 Å². The van der Waals surface area contributed by atoms with Crippen LogP contribution in [-0.2, 0) is 26.9 Å². The van der Waals surface area contributed by atoms with Crippen molar-refractivity contribution in [3.8, 4) is 0 Å². The molecule has 148 valence electrons. The molecule has 0 heterocycles. The van der Waals surface area contributed by atoms with Gasteiger partial charge in [0, 0.05) is 24.9 Å². The van der Waals surface area contributed by atoms with E-state index in [4.69, 9.17) is 10.5 Å². The number of sulfone groups is 1. The number of nitrogens with two attached hydrogens (primary N) is 1. The molecule has 0 saturated heterocycles. The van der Waals surface area contributed by atoms with Gasteiger partial charge in [0.25, 0.3) is 0 Å². The zero-order chi connectivity index (χ0) is 18.8. The van der Waals surface area contributed by atoms with Crippen LogP contribution in [0.1, 0.15) is 17.5 Å². The van der Waals surface area contributed by atoms with Gasteiger partial charge in [0.1, 0.15) is 0 Å². The summed E-state index contributed by atoms with van der Waals surface area (Å²) in [6.07, 6.45) is 0.428. The Morgan fingerprint density at radius 3 is 2.48 bits per heavy atom. The second-order valence-electron chi connectivity index (χ2n) is 5.91. The molecular weight excluding hydrogens is 477 g/mol. The molecule has 0 fully saturated rings. The number of rotatable bonds is 9. The predicted molar refractivity (Wildman–Crippen MR) is 121 cm³/mol. The van der Waals surface area contributed by atoms with E-state index in [9.17, 15) is 8.42 Å². The van der Waals surface area contributed by atoms with Gasteiger partial charge < -0.3 is 15.8 Å². The van der Waals surface area contributed by atoms with Crippen LogP contribution in [0.25, 0.3) is 0 Å². The van der Waals surface area contributed by atoms with E-state index in [2.05, 4.69) is 10.3 Å². The molecule has 2 aromatic rings. The molecule has 2 aromatic carbocycles. The third-order valence-electron chi connectivity index (χ3n) is 3.70. The van der Waals surface area contributed by atoms with E-state index in [-0.39, 0.29) is 41.4 Å². The topological polar surface area (TPSA) is 93.8 Å². The van der Waals surface area contributed by atoms with Gasteiger partial charge in [-0.15, -0.1) is 24.0 Å². The van der Waals surface area contributed by atoms with Crippen LogP contribution in [-0.4, -0.2) is 33.8 Å². The van der Waals surface area contributed by atoms with Gasteiger partial charge in [0.15, 0.2) is 15.8 Å². The minimum Gasteiger partial charge on any atom is -0.380 e. The summed E-state index contributed by atoms with van der Waals surface area (Å²) in [6.45, 7) is 0.813. The van der Waals surface area contributed by atoms with Gasteiger partial charge in [-0.05, 0) is 18.1 Å². The summed E-state index contributed by atoms with van der Waals surface area (Å²) in [4.78, 5) is 4.21. The summed E-state index contributed by atoms with van der Waals surface area (Å²) >= 11 is 0. The largest absolute Gasteiger partial charge is 0.380 e. The highest BCUT2D eigenvalue weighted by atomic mass is 127. The second kappa shape index (κ2) is 11.9. The third-order valence-corrected chi connectivity index (χ3v) is 5.39. The Bertz CT molecular complexity index is 827. The van der Waals surface area contributed by atoms with Gasteiger partial charge in [-0.2, -0.15) is 0 Å². The van der Waals surface area contributed by atoms with Crippen molar-refractivity contribution < 1.29 is 13.2 Å². The Morgan fingerprint density at radius 1 is 1.11 bits per heavy atom. The van der Waals surface area contributed by atoms with Crippen LogP contribution < -0.4 is 11.1 Å². The number of para-hydroxylation sites is 1. The first-order valence-corrected chi connectivity index (χ1v) is 10.2. The Balaban J connectivity index is 0.00000364. The lowest BCUT2D eigenvalue weighted by Crippen LogP contribution is -2.24. The highest BCUT2D eigenvalue weighted by molar-refractivity contribution is 14.0. The molecule has 27 heavy (non-hydrogen) atoms. The van der Waals surface area contributed by atoms with Crippen molar-refractivity contribution in [3.05, 3.63) is 65.7 Å². The number of aliphatic imine (C=N–C) groups is 1. The number of nitrogens with zero attached hydrogens (tertiary/aromatic N) is 1. The number of anilines is 1. The summed E-state index contributed by atoms with van der Waals surface area (Å²) in [7, 11) is -1.52. The van der Waals surface area contributed by atoms with Gasteiger partial charge in [-0.25, -0.2) is 8.42 Å². The quantitative estimate of drug-likeness (QED) is 0.237. The fourth-order valence-corrected chi connectivity index (χ4v) is 3.90. The number of hydrogen-bond donors (Lipinski definition) is 2. The maximum absolute atomic E-state index is 12.1. The molecule has 0 saturated carbocycles. The molecule has 0 aliphatic heterocycles. The average molecular weight is 503 g/mol. The Morgan fingerprint density at radius 2 is 1.78 bits per heavy atom. The monoisotopic (exact) mass is 503 g/mol. The summed E-state index contributed by atoms with van der Waals surface area (Å²) in [6, 6.07) is 16.8. The van der Waals surface area contributed by atoms with E-state index in [0.717, 1.165) is 16.8 Å². The first-order chi connectivity index (χ1) is 12.5. The zero-order valence-corrected chi connectivity index (χ0v) is 18.4. The van der Waals surface area contributed by atoms with Crippen LogP contribution in [0.5, 0.6) is 0 Å². The van der Waals surface area contributed by atoms with Crippen molar-refractivity contribution in [3.63, 3.8) is 0 Å². The minimum absolute atomic E-state index is 0. The van der Waals surface area contributed by atoms with Crippen LogP contribution in [0.3, 0.4) is 0 Å². The van der Waals surface area contributed by atoms with E-state index in [0.29, 0.717) is 19.6 Å². The number of halogens is 1. The number of hydrogen-bond acceptors (Lipinski definition) is 4. The molecular formula is C19H26IN3O3S. The highest BCUT2D eigenvalue weighted by Crippen LogP contribution is 2.15. The Kier molecular flexibility index (Phi) is 10.3. The summed E-state index contributed by atoms with van der Waals surface area (Å²) < 4.78 is 29.4. The molecule has 0 amide bonds. The molecule has 0 atom stereocenters. The van der Waals surface area contributed by atoms with Gasteiger partial charge >= 0.3 is 0 Å². The Labute approximate surface area is 178 Å². The van der Waals surface area contributed by atoms with Crippen LogP contribution in [0.2, 0.25) is 0 Å². The van der Waals surface area contributed by atoms with Gasteiger partial charge in [-0.3, -0.25) is 4.99 Å². The van der Waals surface area contributed by atoms with E-state index in [1.165, 1.54) is 0 Å². The summed E-state index contributed by atoms with van der Waals surface area (Å²) in [5.74, 6) is 0.392. The lowest BCUT2D eigenvalue weighted by Gasteiger charge is -2.10. The fraction of sp³-hybridized carbons (Fsp3) is 0.316. The highest BCUT2D eigenvalue weighted by Gasteiger charge is 2.11. The Hall–Kier alpha value is -1.65. The molecule has 0 unspecified atom stereocenters. The molecule has 0 spiro atoms. The molecule has 0 bridgehead atoms. The van der Waals surface area contributed by atoms with E-state index in [1.807, 2.05) is 54.6 Å². The molecule has 0 aliphatic carbocycles. The molecule has 6 nitrogen and oxygen atoms in total. The van der Waals surface area contributed by atoms with Crippen LogP contribution >= 0.6 is 24.0 Å². The van der Waals surface area contributed by atoms with E-state index < -0.39 is 9.84 Å². The number of methoxy groups -OCH3 is 1. The lowest BCUT2D eigenvalue weighted by molar-refractivity contribution is 0.185. The van der Waals surface area contributed by atoms with Crippen LogP contribution in [0.15, 0.2) is 59.6 Å². The maximum atomic E-state index is 12.1. The third kappa shape index (κ3) is 8.72. The average Bonchev–Trinajstić information content (AvgIpc) is 2.61. The van der Waals surface area contributed by atoms with E-state index in [1.54, 1.807) is 7.11 Å². The predicted octanol–water partition coefficient (Wildman–Crippen LogP) is 3.18. The van der Waals surface area contributed by atoms with Crippen molar-refractivity contribution in [2.75, 3.05) is 24.7 Å². The van der Waals surface area contributed by atoms with Gasteiger partial charge in [0.2, 0.25) is 0 Å². The number of ether oxygens (including phenoxy) is 1. The van der Waals surface area contributed by atoms with Crippen molar-refractivity contribution >= 4 is 45.5 Å². The number of guanidine groups is 1. The van der Waals surface area contributed by atoms with E-state index >= 15 is 0 Å². The first kappa shape index (κ1) is 23.4. The zero-order valence-electron chi connectivity index (χ0n) is 15.3. The van der Waals surface area contributed by atoms with Crippen molar-refractivity contribution in [1.82, 2.24) is 0 Å². The SMILES string of the molecule is COCc1ccccc1NC(N)=NCCCS(=O)(=O)Cc1ccccc1.I. The maximum Gasteiger partial charge on any atom is 0.193 e. The van der Waals surface area contributed by atoms with Crippen LogP contribution in [0.4, 0.5) is 5.69 Å². The van der Waals surface area contributed by atoms with Crippen molar-refractivity contribution in [1.29, 1.82) is 0 Å². The summed E-state index contributed by atoms with van der Waals surface area (Å²) in [5.41, 5.74) is 8.49. The van der Waals surface area contributed by atoms with Crippen LogP contribution in [0, 0.1) is 0 Å². The minimum atomic E-state index is -3.15. The molecule has 0 radical (unpaired) electrons. The summed E-state index contributed by atoms with van der Waals surface area (Å²) in [5, 5.41) is 3.03. The number of nitrogens with one attached hydrogen (secondary N) is 1. The smallest absolute Gasteiger partial charge is 0.193 e. The van der Waals surface area contributed by atoms with Crippen molar-refractivity contribution in [2.24, 2.45) is 10.7 Å². The first-order valence-electron chi connectivity index (χ1n) is 8.38. The molecule has 2 rings (SSSR count). The van der Waals surface area contributed by atoms with Gasteiger partial charge in [-0.1, -0.05) is 48.5 Å². The fourth-order valence-electron chi connectivity index (χ4n) is 2.49. The normalized spacial score (nSPS) is 11.7. The standard InChI is InChI=1S/C19H25N3O3S.HI/c1-25-14-17-10-5-6-11-18(17)22-19(20)21-12-7-13-26(23,24)15-16-8-3-2-4-9-16;/h2-6,8-11H,7,12-15H2,1H3,(H3,20,21,22);1H. The lowest BCUT2D eigenvalue weighted by atomic mass is 10.2. The molecule has 0 aromatic heterocycles. The van der Waals surface area contributed by atoms with Gasteiger partial charge in [0.05, 0.1) is 18.1 Å². The second-order valence-corrected chi connectivity index (χ2v) is 8.10. The molecule has 0 aliphatic rings. The molecule has 8 heteroatoms. The molecule has 3 N–H and O–H groups in total.